The number of nitrogens with one attached hydrogen (secondary N) is 2. The van der Waals surface area contributed by atoms with E-state index >= 15 is 0 Å². The van der Waals surface area contributed by atoms with E-state index in [0.717, 1.165) is 40.9 Å². The lowest BCUT2D eigenvalue weighted by Gasteiger charge is -2.36. The average Bonchev–Trinajstić information content (AvgIpc) is 3.13. The van der Waals surface area contributed by atoms with Crippen molar-refractivity contribution in [1.29, 1.82) is 0 Å². The summed E-state index contributed by atoms with van der Waals surface area (Å²) in [6, 6.07) is 23.4. The van der Waals surface area contributed by atoms with Crippen LogP contribution < -0.4 is 10.6 Å². The monoisotopic (exact) mass is 439 g/mol. The maximum Gasteiger partial charge on any atom is 0.256 e. The standard InChI is InChI=1S/C28H29N3O2/c1-19-11-15-22(16-12-19)30-27(32)20-13-17-21(18-14-20)29-26-24-9-5-6-10-25(24)28(33)31(26)23-7-3-2-4-8-23/h5-6,9-18,23,26,29H,2-4,7-8H2,1H3,(H,30,32). The van der Waals surface area contributed by atoms with Gasteiger partial charge in [0.2, 0.25) is 0 Å². The van der Waals surface area contributed by atoms with Crippen molar-refractivity contribution >= 4 is 23.2 Å². The number of amides is 2. The topological polar surface area (TPSA) is 61.4 Å². The molecule has 3 aromatic carbocycles. The van der Waals surface area contributed by atoms with Gasteiger partial charge in [-0.05, 0) is 62.2 Å². The third-order valence-electron chi connectivity index (χ3n) is 6.73. The van der Waals surface area contributed by atoms with Crippen LogP contribution in [0.4, 0.5) is 11.4 Å². The molecule has 0 aromatic heterocycles. The molecule has 5 rings (SSSR count). The predicted molar refractivity (Wildman–Crippen MR) is 131 cm³/mol. The molecule has 2 N–H and O–H groups in total. The third kappa shape index (κ3) is 4.36. The first-order valence-electron chi connectivity index (χ1n) is 11.8. The summed E-state index contributed by atoms with van der Waals surface area (Å²) >= 11 is 0. The average molecular weight is 440 g/mol. The Morgan fingerprint density at radius 1 is 0.848 bits per heavy atom. The first-order chi connectivity index (χ1) is 16.1. The largest absolute Gasteiger partial charge is 0.361 e. The van der Waals surface area contributed by atoms with E-state index in [2.05, 4.69) is 10.6 Å². The highest BCUT2D eigenvalue weighted by Gasteiger charge is 2.40. The zero-order valence-corrected chi connectivity index (χ0v) is 18.9. The first-order valence-corrected chi connectivity index (χ1v) is 11.8. The van der Waals surface area contributed by atoms with E-state index in [9.17, 15) is 9.59 Å². The minimum Gasteiger partial charge on any atom is -0.361 e. The Morgan fingerprint density at radius 3 is 2.24 bits per heavy atom. The fourth-order valence-corrected chi connectivity index (χ4v) is 4.94. The summed E-state index contributed by atoms with van der Waals surface area (Å²) in [6.07, 6.45) is 5.50. The molecule has 0 saturated heterocycles. The van der Waals surface area contributed by atoms with Crippen LogP contribution >= 0.6 is 0 Å². The molecule has 2 aliphatic rings. The highest BCUT2D eigenvalue weighted by atomic mass is 16.2. The van der Waals surface area contributed by atoms with Crippen molar-refractivity contribution in [3.63, 3.8) is 0 Å². The van der Waals surface area contributed by atoms with Crippen molar-refractivity contribution in [1.82, 2.24) is 4.90 Å². The molecule has 1 heterocycles. The second-order valence-electron chi connectivity index (χ2n) is 9.04. The van der Waals surface area contributed by atoms with E-state index in [1.165, 1.54) is 19.3 Å². The van der Waals surface area contributed by atoms with Gasteiger partial charge in [0.25, 0.3) is 11.8 Å². The summed E-state index contributed by atoms with van der Waals surface area (Å²) in [5.41, 5.74) is 5.21. The van der Waals surface area contributed by atoms with Gasteiger partial charge in [-0.25, -0.2) is 0 Å². The van der Waals surface area contributed by atoms with Crippen LogP contribution in [0.2, 0.25) is 0 Å². The summed E-state index contributed by atoms with van der Waals surface area (Å²) in [4.78, 5) is 27.9. The van der Waals surface area contributed by atoms with E-state index in [-0.39, 0.29) is 24.0 Å². The summed E-state index contributed by atoms with van der Waals surface area (Å²) in [5.74, 6) is -0.0280. The van der Waals surface area contributed by atoms with Crippen LogP contribution in [0.5, 0.6) is 0 Å². The van der Waals surface area contributed by atoms with Crippen LogP contribution in [0.3, 0.4) is 0 Å². The molecule has 168 valence electrons. The molecule has 1 atom stereocenters. The number of rotatable bonds is 5. The molecule has 1 aliphatic carbocycles. The van der Waals surface area contributed by atoms with E-state index in [0.29, 0.717) is 5.56 Å². The predicted octanol–water partition coefficient (Wildman–Crippen LogP) is 6.15. The Kier molecular flexibility index (Phi) is 5.86. The number of anilines is 2. The number of benzene rings is 3. The Labute approximate surface area is 194 Å². The molecule has 1 fully saturated rings. The van der Waals surface area contributed by atoms with Crippen molar-refractivity contribution in [2.75, 3.05) is 10.6 Å². The number of hydrogen-bond acceptors (Lipinski definition) is 3. The Hall–Kier alpha value is -3.60. The highest BCUT2D eigenvalue weighted by molar-refractivity contribution is 6.04. The number of nitrogens with zero attached hydrogens (tertiary/aromatic N) is 1. The lowest BCUT2D eigenvalue weighted by Crippen LogP contribution is -2.42. The van der Waals surface area contributed by atoms with Gasteiger partial charge in [0, 0.05) is 34.1 Å². The van der Waals surface area contributed by atoms with E-state index in [1.54, 1.807) is 0 Å². The molecule has 2 amide bonds. The smallest absolute Gasteiger partial charge is 0.256 e. The Morgan fingerprint density at radius 2 is 1.52 bits per heavy atom. The van der Waals surface area contributed by atoms with Gasteiger partial charge in [0.15, 0.2) is 0 Å². The van der Waals surface area contributed by atoms with Gasteiger partial charge in [-0.1, -0.05) is 55.2 Å². The molecule has 5 nitrogen and oxygen atoms in total. The second kappa shape index (κ2) is 9.10. The van der Waals surface area contributed by atoms with Crippen molar-refractivity contribution in [2.45, 2.75) is 51.2 Å². The van der Waals surface area contributed by atoms with Crippen LogP contribution in [-0.4, -0.2) is 22.8 Å². The normalized spacial score (nSPS) is 18.2. The molecule has 1 saturated carbocycles. The van der Waals surface area contributed by atoms with Gasteiger partial charge in [0.05, 0.1) is 0 Å². The minimum absolute atomic E-state index is 0.115. The summed E-state index contributed by atoms with van der Waals surface area (Å²) in [5, 5.41) is 6.50. The van der Waals surface area contributed by atoms with Gasteiger partial charge in [-0.2, -0.15) is 0 Å². The number of hydrogen-bond donors (Lipinski definition) is 2. The van der Waals surface area contributed by atoms with Crippen molar-refractivity contribution in [3.8, 4) is 0 Å². The number of carbonyl (C=O) groups is 2. The van der Waals surface area contributed by atoms with Crippen molar-refractivity contribution < 1.29 is 9.59 Å². The summed E-state index contributed by atoms with van der Waals surface area (Å²) in [7, 11) is 0. The van der Waals surface area contributed by atoms with Crippen molar-refractivity contribution in [3.05, 3.63) is 95.1 Å². The van der Waals surface area contributed by atoms with Crippen LogP contribution in [0.1, 0.15) is 70.1 Å². The molecule has 0 spiro atoms. The number of fused-ring (bicyclic) bond motifs is 1. The lowest BCUT2D eigenvalue weighted by molar-refractivity contribution is 0.0600. The van der Waals surface area contributed by atoms with Gasteiger partial charge in [-0.3, -0.25) is 9.59 Å². The zero-order chi connectivity index (χ0) is 22.8. The zero-order valence-electron chi connectivity index (χ0n) is 18.9. The maximum absolute atomic E-state index is 13.3. The highest BCUT2D eigenvalue weighted by Crippen LogP contribution is 2.39. The number of carbonyl (C=O) groups excluding carboxylic acids is 2. The minimum atomic E-state index is -0.191. The molecule has 0 radical (unpaired) electrons. The van der Waals surface area contributed by atoms with Gasteiger partial charge in [0.1, 0.15) is 6.17 Å². The lowest BCUT2D eigenvalue weighted by atomic mass is 9.94. The Balaban J connectivity index is 1.34. The third-order valence-corrected chi connectivity index (χ3v) is 6.73. The molecule has 3 aromatic rings. The van der Waals surface area contributed by atoms with Gasteiger partial charge < -0.3 is 15.5 Å². The quantitative estimate of drug-likeness (QED) is 0.501. The van der Waals surface area contributed by atoms with Crippen molar-refractivity contribution in [2.24, 2.45) is 0 Å². The van der Waals surface area contributed by atoms with E-state index in [4.69, 9.17) is 0 Å². The van der Waals surface area contributed by atoms with Crippen LogP contribution in [0.15, 0.2) is 72.8 Å². The van der Waals surface area contributed by atoms with E-state index < -0.39 is 0 Å². The second-order valence-corrected chi connectivity index (χ2v) is 9.04. The number of aryl methyl sites for hydroxylation is 1. The van der Waals surface area contributed by atoms with E-state index in [1.807, 2.05) is 84.6 Å². The molecular formula is C28H29N3O2. The van der Waals surface area contributed by atoms with Gasteiger partial charge >= 0.3 is 0 Å². The molecule has 0 bridgehead atoms. The van der Waals surface area contributed by atoms with Crippen LogP contribution in [0, 0.1) is 6.92 Å². The molecule has 1 aliphatic heterocycles. The Bertz CT molecular complexity index is 1150. The molecular weight excluding hydrogens is 410 g/mol. The fourth-order valence-electron chi connectivity index (χ4n) is 4.94. The summed E-state index contributed by atoms with van der Waals surface area (Å²) in [6.45, 7) is 2.02. The SMILES string of the molecule is Cc1ccc(NC(=O)c2ccc(NC3c4ccccc4C(=O)N3C3CCCCC3)cc2)cc1. The van der Waals surface area contributed by atoms with Crippen LogP contribution in [0.25, 0.3) is 0 Å². The van der Waals surface area contributed by atoms with Crippen LogP contribution in [-0.2, 0) is 0 Å². The first kappa shape index (κ1) is 21.3. The summed E-state index contributed by atoms with van der Waals surface area (Å²) < 4.78 is 0. The maximum atomic E-state index is 13.3. The molecule has 33 heavy (non-hydrogen) atoms. The fraction of sp³-hybridized carbons (Fsp3) is 0.286. The molecule has 1 unspecified atom stereocenters. The molecule has 5 heteroatoms. The van der Waals surface area contributed by atoms with Gasteiger partial charge in [-0.15, -0.1) is 0 Å².